The van der Waals surface area contributed by atoms with Crippen molar-refractivity contribution in [3.05, 3.63) is 23.8 Å². The van der Waals surface area contributed by atoms with E-state index in [-0.39, 0.29) is 5.91 Å². The maximum Gasteiger partial charge on any atom is 0.257 e. The summed E-state index contributed by atoms with van der Waals surface area (Å²) in [4.78, 5) is 14.8. The number of likely N-dealkylation sites (tertiary alicyclic amines) is 1. The van der Waals surface area contributed by atoms with Gasteiger partial charge in [-0.2, -0.15) is 0 Å². The maximum atomic E-state index is 12.8. The van der Waals surface area contributed by atoms with Gasteiger partial charge in [0.25, 0.3) is 5.91 Å². The number of benzene rings is 1. The number of hydrogen-bond acceptors (Lipinski definition) is 4. The van der Waals surface area contributed by atoms with Crippen molar-refractivity contribution in [1.82, 2.24) is 10.2 Å². The van der Waals surface area contributed by atoms with Crippen molar-refractivity contribution in [1.29, 1.82) is 0 Å². The van der Waals surface area contributed by atoms with E-state index in [1.807, 2.05) is 23.1 Å². The average molecular weight is 288 g/mol. The fraction of sp³-hybridized carbons (Fsp3) is 0.562. The molecule has 2 saturated heterocycles. The predicted octanol–water partition coefficient (Wildman–Crippen LogP) is 1.28. The lowest BCUT2D eigenvalue weighted by atomic mass is 9.93. The van der Waals surface area contributed by atoms with Gasteiger partial charge in [0.1, 0.15) is 13.2 Å². The smallest absolute Gasteiger partial charge is 0.257 e. The fourth-order valence-corrected chi connectivity index (χ4v) is 3.64. The first-order chi connectivity index (χ1) is 10.3. The van der Waals surface area contributed by atoms with Crippen molar-refractivity contribution in [2.45, 2.75) is 18.9 Å². The fourth-order valence-electron chi connectivity index (χ4n) is 3.64. The zero-order valence-electron chi connectivity index (χ0n) is 12.0. The highest BCUT2D eigenvalue weighted by atomic mass is 16.6. The Bertz CT molecular complexity index is 560. The molecule has 1 aromatic rings. The molecule has 0 radical (unpaired) electrons. The summed E-state index contributed by atoms with van der Waals surface area (Å²) in [7, 11) is 0. The van der Waals surface area contributed by atoms with E-state index in [0.717, 1.165) is 26.1 Å². The molecule has 1 aromatic carbocycles. The standard InChI is InChI=1S/C16H20N2O3/c19-16(18-7-5-13-11(10-18)4-6-17-13)12-2-1-3-14-15(12)21-9-8-20-14/h1-3,11,13,17H,4-10H2. The van der Waals surface area contributed by atoms with Crippen LogP contribution in [0.3, 0.4) is 0 Å². The van der Waals surface area contributed by atoms with Crippen LogP contribution < -0.4 is 14.8 Å². The van der Waals surface area contributed by atoms with Gasteiger partial charge in [0.2, 0.25) is 0 Å². The maximum absolute atomic E-state index is 12.8. The molecule has 5 heteroatoms. The summed E-state index contributed by atoms with van der Waals surface area (Å²) in [6.45, 7) is 3.79. The highest BCUT2D eigenvalue weighted by Crippen LogP contribution is 2.35. The number of amides is 1. The van der Waals surface area contributed by atoms with Gasteiger partial charge < -0.3 is 19.7 Å². The van der Waals surface area contributed by atoms with E-state index < -0.39 is 0 Å². The number of para-hydroxylation sites is 1. The number of piperidine rings is 1. The van der Waals surface area contributed by atoms with Gasteiger partial charge in [-0.05, 0) is 37.4 Å². The molecule has 1 amide bonds. The summed E-state index contributed by atoms with van der Waals surface area (Å²) in [5.41, 5.74) is 0.636. The lowest BCUT2D eigenvalue weighted by molar-refractivity contribution is 0.0652. The largest absolute Gasteiger partial charge is 0.486 e. The summed E-state index contributed by atoms with van der Waals surface area (Å²) in [5, 5.41) is 3.53. The van der Waals surface area contributed by atoms with Crippen molar-refractivity contribution in [3.8, 4) is 11.5 Å². The van der Waals surface area contributed by atoms with Gasteiger partial charge in [-0.25, -0.2) is 0 Å². The number of rotatable bonds is 1. The monoisotopic (exact) mass is 288 g/mol. The Morgan fingerprint density at radius 2 is 2.14 bits per heavy atom. The molecule has 21 heavy (non-hydrogen) atoms. The van der Waals surface area contributed by atoms with E-state index in [0.29, 0.717) is 42.2 Å². The van der Waals surface area contributed by atoms with Crippen molar-refractivity contribution >= 4 is 5.91 Å². The SMILES string of the molecule is O=C(c1cccc2c1OCCO2)N1CCC2NCCC2C1. The Labute approximate surface area is 124 Å². The van der Waals surface area contributed by atoms with Gasteiger partial charge in [0, 0.05) is 19.1 Å². The molecule has 3 aliphatic heterocycles. The lowest BCUT2D eigenvalue weighted by Gasteiger charge is -2.35. The van der Waals surface area contributed by atoms with E-state index in [2.05, 4.69) is 5.32 Å². The molecular weight excluding hydrogens is 268 g/mol. The first kappa shape index (κ1) is 13.0. The molecule has 0 aliphatic carbocycles. The molecule has 2 atom stereocenters. The van der Waals surface area contributed by atoms with Crippen LogP contribution in [-0.2, 0) is 0 Å². The minimum absolute atomic E-state index is 0.0719. The summed E-state index contributed by atoms with van der Waals surface area (Å²) in [6.07, 6.45) is 2.21. The second kappa shape index (κ2) is 5.22. The molecule has 0 saturated carbocycles. The molecule has 3 aliphatic rings. The van der Waals surface area contributed by atoms with Crippen LogP contribution in [0.1, 0.15) is 23.2 Å². The quantitative estimate of drug-likeness (QED) is 0.846. The third-order valence-electron chi connectivity index (χ3n) is 4.74. The van der Waals surface area contributed by atoms with Crippen LogP contribution in [0.15, 0.2) is 18.2 Å². The number of hydrogen-bond donors (Lipinski definition) is 1. The molecule has 3 heterocycles. The second-order valence-corrected chi connectivity index (χ2v) is 5.98. The van der Waals surface area contributed by atoms with Crippen LogP contribution in [0.4, 0.5) is 0 Å². The van der Waals surface area contributed by atoms with E-state index in [1.54, 1.807) is 0 Å². The van der Waals surface area contributed by atoms with Crippen molar-refractivity contribution in [2.24, 2.45) is 5.92 Å². The summed E-state index contributed by atoms with van der Waals surface area (Å²) in [5.74, 6) is 1.96. The molecule has 0 spiro atoms. The zero-order valence-corrected chi connectivity index (χ0v) is 12.0. The number of carbonyl (C=O) groups excluding carboxylic acids is 1. The molecule has 0 aromatic heterocycles. The van der Waals surface area contributed by atoms with Crippen molar-refractivity contribution < 1.29 is 14.3 Å². The number of carbonyl (C=O) groups is 1. The minimum Gasteiger partial charge on any atom is -0.486 e. The van der Waals surface area contributed by atoms with Crippen molar-refractivity contribution in [2.75, 3.05) is 32.8 Å². The van der Waals surface area contributed by atoms with Crippen molar-refractivity contribution in [3.63, 3.8) is 0 Å². The van der Waals surface area contributed by atoms with E-state index >= 15 is 0 Å². The highest BCUT2D eigenvalue weighted by Gasteiger charge is 2.35. The van der Waals surface area contributed by atoms with Gasteiger partial charge in [-0.15, -0.1) is 0 Å². The predicted molar refractivity (Wildman–Crippen MR) is 77.9 cm³/mol. The molecular formula is C16H20N2O3. The summed E-state index contributed by atoms with van der Waals surface area (Å²) >= 11 is 0. The average Bonchev–Trinajstić information content (AvgIpc) is 3.01. The molecule has 4 rings (SSSR count). The Balaban J connectivity index is 1.57. The minimum atomic E-state index is 0.0719. The number of nitrogens with one attached hydrogen (secondary N) is 1. The molecule has 1 N–H and O–H groups in total. The van der Waals surface area contributed by atoms with Crippen LogP contribution in [-0.4, -0.2) is 49.7 Å². The molecule has 5 nitrogen and oxygen atoms in total. The third-order valence-corrected chi connectivity index (χ3v) is 4.74. The summed E-state index contributed by atoms with van der Waals surface area (Å²) in [6, 6.07) is 6.16. The van der Waals surface area contributed by atoms with Gasteiger partial charge in [-0.3, -0.25) is 4.79 Å². The molecule has 2 fully saturated rings. The molecule has 112 valence electrons. The van der Waals surface area contributed by atoms with Crippen LogP contribution in [0, 0.1) is 5.92 Å². The Morgan fingerprint density at radius 3 is 3.10 bits per heavy atom. The first-order valence-corrected chi connectivity index (χ1v) is 7.74. The van der Waals surface area contributed by atoms with Gasteiger partial charge in [-0.1, -0.05) is 6.07 Å². The van der Waals surface area contributed by atoms with Crippen LogP contribution >= 0.6 is 0 Å². The number of nitrogens with zero attached hydrogens (tertiary/aromatic N) is 1. The number of fused-ring (bicyclic) bond motifs is 2. The van der Waals surface area contributed by atoms with E-state index in [4.69, 9.17) is 9.47 Å². The Kier molecular flexibility index (Phi) is 3.22. The number of ether oxygens (including phenoxy) is 2. The topological polar surface area (TPSA) is 50.8 Å². The lowest BCUT2D eigenvalue weighted by Crippen LogP contribution is -2.47. The van der Waals surface area contributed by atoms with Crippen LogP contribution in [0.25, 0.3) is 0 Å². The van der Waals surface area contributed by atoms with E-state index in [1.165, 1.54) is 6.42 Å². The van der Waals surface area contributed by atoms with Crippen LogP contribution in [0.5, 0.6) is 11.5 Å². The van der Waals surface area contributed by atoms with Gasteiger partial charge in [0.15, 0.2) is 11.5 Å². The Hall–Kier alpha value is -1.75. The second-order valence-electron chi connectivity index (χ2n) is 5.98. The first-order valence-electron chi connectivity index (χ1n) is 7.74. The van der Waals surface area contributed by atoms with Gasteiger partial charge in [0.05, 0.1) is 5.56 Å². The zero-order chi connectivity index (χ0) is 14.2. The summed E-state index contributed by atoms with van der Waals surface area (Å²) < 4.78 is 11.2. The normalized spacial score (nSPS) is 27.3. The van der Waals surface area contributed by atoms with Gasteiger partial charge >= 0.3 is 0 Å². The van der Waals surface area contributed by atoms with E-state index in [9.17, 15) is 4.79 Å². The third kappa shape index (κ3) is 2.25. The molecule has 2 unspecified atom stereocenters. The highest BCUT2D eigenvalue weighted by molar-refractivity contribution is 5.98. The van der Waals surface area contributed by atoms with Crippen LogP contribution in [0.2, 0.25) is 0 Å². The molecule has 0 bridgehead atoms. The Morgan fingerprint density at radius 1 is 1.24 bits per heavy atom.